The molecule has 0 heterocycles. The van der Waals surface area contributed by atoms with Crippen molar-refractivity contribution in [3.63, 3.8) is 0 Å². The van der Waals surface area contributed by atoms with Gasteiger partial charge in [-0.1, -0.05) is 0 Å². The van der Waals surface area contributed by atoms with Gasteiger partial charge in [-0.2, -0.15) is 0 Å². The van der Waals surface area contributed by atoms with Gasteiger partial charge in [0.1, 0.15) is 5.60 Å². The zero-order chi connectivity index (χ0) is 8.91. The van der Waals surface area contributed by atoms with Crippen LogP contribution in [0.4, 0.5) is 4.39 Å². The Morgan fingerprint density at radius 3 is 2.36 bits per heavy atom. The average Bonchev–Trinajstić information content (AvgIpc) is 1.79. The van der Waals surface area contributed by atoms with Crippen LogP contribution in [0.5, 0.6) is 0 Å². The number of halogens is 1. The van der Waals surface area contributed by atoms with Crippen LogP contribution in [0.3, 0.4) is 0 Å². The summed E-state index contributed by atoms with van der Waals surface area (Å²) in [6, 6.07) is 0. The molecule has 2 nitrogen and oxygen atoms in total. The van der Waals surface area contributed by atoms with Gasteiger partial charge < -0.3 is 4.74 Å². The number of carbonyl (C=O) groups is 1. The van der Waals surface area contributed by atoms with Gasteiger partial charge in [0.05, 0.1) is 6.67 Å². The van der Waals surface area contributed by atoms with Crippen molar-refractivity contribution in [2.45, 2.75) is 39.2 Å². The molecule has 0 aliphatic carbocycles. The van der Waals surface area contributed by atoms with E-state index >= 15 is 0 Å². The summed E-state index contributed by atoms with van der Waals surface area (Å²) >= 11 is 0. The topological polar surface area (TPSA) is 26.3 Å². The summed E-state index contributed by atoms with van der Waals surface area (Å²) in [4.78, 5) is 10.8. The Hall–Kier alpha value is -0.600. The Kier molecular flexibility index (Phi) is 4.08. The molecule has 0 N–H and O–H groups in total. The number of esters is 1. The molecule has 0 bridgehead atoms. The second kappa shape index (κ2) is 4.31. The molecule has 0 atom stereocenters. The first-order valence-electron chi connectivity index (χ1n) is 3.73. The van der Waals surface area contributed by atoms with Gasteiger partial charge in [-0.3, -0.25) is 9.18 Å². The normalized spacial score (nSPS) is 11.3. The third-order valence-corrected chi connectivity index (χ3v) is 0.935. The van der Waals surface area contributed by atoms with Crippen molar-refractivity contribution in [3.05, 3.63) is 0 Å². The molecule has 0 saturated carbocycles. The smallest absolute Gasteiger partial charge is 0.306 e. The van der Waals surface area contributed by atoms with Crippen molar-refractivity contribution < 1.29 is 13.9 Å². The number of carbonyl (C=O) groups excluding carboxylic acids is 1. The van der Waals surface area contributed by atoms with Crippen LogP contribution in [-0.2, 0) is 9.53 Å². The maximum atomic E-state index is 11.6. The molecular weight excluding hydrogens is 147 g/mol. The maximum absolute atomic E-state index is 11.6. The van der Waals surface area contributed by atoms with E-state index in [9.17, 15) is 9.18 Å². The van der Waals surface area contributed by atoms with Crippen LogP contribution < -0.4 is 0 Å². The maximum Gasteiger partial charge on any atom is 0.306 e. The summed E-state index contributed by atoms with van der Waals surface area (Å²) in [6.45, 7) is 4.92. The minimum Gasteiger partial charge on any atom is -0.460 e. The lowest BCUT2D eigenvalue weighted by Gasteiger charge is -2.19. The second-order valence-corrected chi connectivity index (χ2v) is 3.38. The number of rotatable bonds is 3. The molecule has 66 valence electrons. The van der Waals surface area contributed by atoms with Crippen molar-refractivity contribution in [2.24, 2.45) is 0 Å². The molecule has 0 fully saturated rings. The fourth-order valence-corrected chi connectivity index (χ4v) is 0.604. The molecule has 0 unspecified atom stereocenters. The average molecular weight is 162 g/mol. The molecule has 0 amide bonds. The Balaban J connectivity index is 3.53. The highest BCUT2D eigenvalue weighted by molar-refractivity contribution is 5.69. The Morgan fingerprint density at radius 2 is 2.00 bits per heavy atom. The van der Waals surface area contributed by atoms with Crippen LogP contribution in [0, 0.1) is 0 Å². The van der Waals surface area contributed by atoms with Crippen LogP contribution in [0.2, 0.25) is 0 Å². The van der Waals surface area contributed by atoms with E-state index in [1.54, 1.807) is 20.8 Å². The van der Waals surface area contributed by atoms with Crippen LogP contribution >= 0.6 is 0 Å². The van der Waals surface area contributed by atoms with Crippen LogP contribution in [0.1, 0.15) is 33.6 Å². The van der Waals surface area contributed by atoms with E-state index in [1.165, 1.54) is 0 Å². The van der Waals surface area contributed by atoms with E-state index in [0.717, 1.165) is 0 Å². The summed E-state index contributed by atoms with van der Waals surface area (Å²) in [6.07, 6.45) is 0.433. The Labute approximate surface area is 66.7 Å². The van der Waals surface area contributed by atoms with Crippen LogP contribution in [-0.4, -0.2) is 18.2 Å². The Bertz CT molecular complexity index is 127. The van der Waals surface area contributed by atoms with Crippen molar-refractivity contribution >= 4 is 5.97 Å². The molecule has 0 aromatic heterocycles. The second-order valence-electron chi connectivity index (χ2n) is 3.38. The third kappa shape index (κ3) is 7.30. The van der Waals surface area contributed by atoms with E-state index < -0.39 is 12.3 Å². The zero-order valence-corrected chi connectivity index (χ0v) is 7.32. The lowest BCUT2D eigenvalue weighted by atomic mass is 10.2. The molecule has 0 radical (unpaired) electrons. The summed E-state index contributed by atoms with van der Waals surface area (Å²) < 4.78 is 16.5. The molecule has 0 aliphatic rings. The summed E-state index contributed by atoms with van der Waals surface area (Å²) in [5, 5.41) is 0. The van der Waals surface area contributed by atoms with Crippen LogP contribution in [0.25, 0.3) is 0 Å². The number of ether oxygens (including phenoxy) is 1. The van der Waals surface area contributed by atoms with E-state index in [1.807, 2.05) is 0 Å². The van der Waals surface area contributed by atoms with E-state index in [-0.39, 0.29) is 18.8 Å². The first-order chi connectivity index (χ1) is 4.95. The first-order valence-corrected chi connectivity index (χ1v) is 3.73. The third-order valence-electron chi connectivity index (χ3n) is 0.935. The molecule has 3 heteroatoms. The van der Waals surface area contributed by atoms with Gasteiger partial charge >= 0.3 is 5.97 Å². The van der Waals surface area contributed by atoms with Crippen LogP contribution in [0.15, 0.2) is 0 Å². The predicted octanol–water partition coefficient (Wildman–Crippen LogP) is 2.08. The molecule has 0 aromatic rings. The number of hydrogen-bond acceptors (Lipinski definition) is 2. The van der Waals surface area contributed by atoms with Gasteiger partial charge in [0, 0.05) is 6.42 Å². The lowest BCUT2D eigenvalue weighted by molar-refractivity contribution is -0.154. The summed E-state index contributed by atoms with van der Waals surface area (Å²) in [5.74, 6) is -0.324. The number of hydrogen-bond donors (Lipinski definition) is 0. The van der Waals surface area contributed by atoms with Gasteiger partial charge in [0.25, 0.3) is 0 Å². The molecule has 0 rings (SSSR count). The highest BCUT2D eigenvalue weighted by Gasteiger charge is 2.15. The SMILES string of the molecule is CC(C)(C)OC(=O)CCCF. The molecular formula is C8H15FO2. The van der Waals surface area contributed by atoms with E-state index in [4.69, 9.17) is 4.74 Å². The molecule has 0 saturated heterocycles. The molecule has 0 aromatic carbocycles. The standard InChI is InChI=1S/C8H15FO2/c1-8(2,3)11-7(10)5-4-6-9/h4-6H2,1-3H3. The minimum absolute atomic E-state index is 0.174. The van der Waals surface area contributed by atoms with Gasteiger partial charge in [-0.25, -0.2) is 0 Å². The van der Waals surface area contributed by atoms with Crippen molar-refractivity contribution in [1.29, 1.82) is 0 Å². The highest BCUT2D eigenvalue weighted by Crippen LogP contribution is 2.08. The summed E-state index contributed by atoms with van der Waals surface area (Å²) in [7, 11) is 0. The van der Waals surface area contributed by atoms with Gasteiger partial charge in [0.15, 0.2) is 0 Å². The van der Waals surface area contributed by atoms with Gasteiger partial charge in [0.2, 0.25) is 0 Å². The highest BCUT2D eigenvalue weighted by atomic mass is 19.1. The van der Waals surface area contributed by atoms with Gasteiger partial charge in [-0.15, -0.1) is 0 Å². The van der Waals surface area contributed by atoms with Crippen molar-refractivity contribution in [2.75, 3.05) is 6.67 Å². The van der Waals surface area contributed by atoms with Gasteiger partial charge in [-0.05, 0) is 27.2 Å². The molecule has 11 heavy (non-hydrogen) atoms. The fraction of sp³-hybridized carbons (Fsp3) is 0.875. The number of alkyl halides is 1. The molecule has 0 aliphatic heterocycles. The predicted molar refractivity (Wildman–Crippen MR) is 41.1 cm³/mol. The largest absolute Gasteiger partial charge is 0.460 e. The monoisotopic (exact) mass is 162 g/mol. The van der Waals surface area contributed by atoms with Crippen molar-refractivity contribution in [1.82, 2.24) is 0 Å². The minimum atomic E-state index is -0.459. The van der Waals surface area contributed by atoms with Crippen molar-refractivity contribution in [3.8, 4) is 0 Å². The van der Waals surface area contributed by atoms with E-state index in [2.05, 4.69) is 0 Å². The fourth-order valence-electron chi connectivity index (χ4n) is 0.604. The Morgan fingerprint density at radius 1 is 1.45 bits per heavy atom. The lowest BCUT2D eigenvalue weighted by Crippen LogP contribution is -2.23. The molecule has 0 spiro atoms. The van der Waals surface area contributed by atoms with E-state index in [0.29, 0.717) is 0 Å². The first kappa shape index (κ1) is 10.4. The quantitative estimate of drug-likeness (QED) is 0.594. The zero-order valence-electron chi connectivity index (χ0n) is 7.32. The summed E-state index contributed by atoms with van der Waals surface area (Å²) in [5.41, 5.74) is -0.451.